The summed E-state index contributed by atoms with van der Waals surface area (Å²) in [5.41, 5.74) is 1.10. The Balaban J connectivity index is 2.09. The number of hydrazine groups is 1. The van der Waals surface area contributed by atoms with E-state index in [0.717, 1.165) is 32.2 Å². The highest BCUT2D eigenvalue weighted by atomic mass is 16.4. The van der Waals surface area contributed by atoms with Crippen LogP contribution in [0.5, 0.6) is 0 Å². The average Bonchev–Trinajstić information content (AvgIpc) is 3.40. The van der Waals surface area contributed by atoms with Crippen LogP contribution in [-0.2, 0) is 6.54 Å². The van der Waals surface area contributed by atoms with Crippen molar-refractivity contribution in [1.29, 1.82) is 5.26 Å². The lowest BCUT2D eigenvalue weighted by atomic mass is 10.1. The molecule has 0 atom stereocenters. The first-order chi connectivity index (χ1) is 15.5. The highest BCUT2D eigenvalue weighted by Gasteiger charge is 2.34. The van der Waals surface area contributed by atoms with Gasteiger partial charge in [-0.3, -0.25) is 9.91 Å². The van der Waals surface area contributed by atoms with Gasteiger partial charge < -0.3 is 9.67 Å². The van der Waals surface area contributed by atoms with E-state index in [9.17, 15) is 15.2 Å². The molecule has 0 bridgehead atoms. The fourth-order valence-corrected chi connectivity index (χ4v) is 4.13. The lowest BCUT2D eigenvalue weighted by Crippen LogP contribution is -2.52. The summed E-state index contributed by atoms with van der Waals surface area (Å²) >= 11 is 0. The summed E-state index contributed by atoms with van der Waals surface area (Å²) in [6, 6.07) is 2.04. The van der Waals surface area contributed by atoms with Gasteiger partial charge in [0, 0.05) is 25.2 Å². The molecule has 2 aromatic rings. The molecule has 1 fully saturated rings. The Morgan fingerprint density at radius 1 is 1.30 bits per heavy atom. The van der Waals surface area contributed by atoms with Gasteiger partial charge in [0.1, 0.15) is 6.07 Å². The minimum absolute atomic E-state index is 0.0123. The Bertz CT molecular complexity index is 1010. The molecule has 0 saturated heterocycles. The Kier molecular flexibility index (Phi) is 7.42. The molecule has 1 N–H and O–H groups in total. The number of carboxylic acid groups (broad SMARTS) is 1. The molecule has 0 radical (unpaired) electrons. The summed E-state index contributed by atoms with van der Waals surface area (Å²) in [7, 11) is 2.07. The Labute approximate surface area is 195 Å². The first kappa shape index (κ1) is 24.7. The van der Waals surface area contributed by atoms with Crippen molar-refractivity contribution < 1.29 is 9.90 Å². The maximum absolute atomic E-state index is 12.3. The van der Waals surface area contributed by atoms with Gasteiger partial charge in [-0.15, -0.1) is 0 Å². The van der Waals surface area contributed by atoms with Crippen LogP contribution < -0.4 is 5.01 Å². The minimum Gasteiger partial charge on any atom is -0.464 e. The minimum atomic E-state index is -1.04. The summed E-state index contributed by atoms with van der Waals surface area (Å²) in [4.78, 5) is 28.1. The number of hydrogen-bond donors (Lipinski definition) is 1. The smallest absolute Gasteiger partial charge is 0.426 e. The van der Waals surface area contributed by atoms with Crippen LogP contribution in [0, 0.1) is 17.2 Å². The second kappa shape index (κ2) is 9.91. The molecule has 0 aromatic carbocycles. The molecule has 0 aliphatic heterocycles. The number of imidazole rings is 1. The van der Waals surface area contributed by atoms with Crippen molar-refractivity contribution in [2.45, 2.75) is 78.4 Å². The van der Waals surface area contributed by atoms with Crippen LogP contribution in [-0.4, -0.2) is 72.3 Å². The van der Waals surface area contributed by atoms with Crippen LogP contribution in [0.3, 0.4) is 0 Å². The van der Waals surface area contributed by atoms with Gasteiger partial charge in [-0.1, -0.05) is 26.7 Å². The Morgan fingerprint density at radius 2 is 1.97 bits per heavy atom. The van der Waals surface area contributed by atoms with Gasteiger partial charge in [-0.25, -0.2) is 14.8 Å². The zero-order chi connectivity index (χ0) is 24.3. The number of aromatic nitrogens is 4. The molecule has 2 heterocycles. The lowest BCUT2D eigenvalue weighted by molar-refractivity contribution is 0.126. The van der Waals surface area contributed by atoms with E-state index in [1.54, 1.807) is 11.3 Å². The van der Waals surface area contributed by atoms with Crippen molar-refractivity contribution in [3.05, 3.63) is 12.2 Å². The Hall–Kier alpha value is -2.93. The second-order valence-corrected chi connectivity index (χ2v) is 10.2. The largest absolute Gasteiger partial charge is 0.464 e. The quantitative estimate of drug-likeness (QED) is 0.598. The fraction of sp³-hybridized carbons (Fsp3) is 0.696. The van der Waals surface area contributed by atoms with Crippen LogP contribution in [0.1, 0.15) is 66.1 Å². The van der Waals surface area contributed by atoms with E-state index in [4.69, 9.17) is 0 Å². The van der Waals surface area contributed by atoms with Crippen molar-refractivity contribution in [2.75, 3.05) is 25.1 Å². The molecule has 0 spiro atoms. The molecule has 1 aliphatic rings. The first-order valence-electron chi connectivity index (χ1n) is 11.7. The van der Waals surface area contributed by atoms with E-state index in [2.05, 4.69) is 53.7 Å². The second-order valence-electron chi connectivity index (χ2n) is 10.2. The van der Waals surface area contributed by atoms with Gasteiger partial charge in [-0.05, 0) is 46.6 Å². The maximum Gasteiger partial charge on any atom is 0.426 e. The van der Waals surface area contributed by atoms with Crippen molar-refractivity contribution in [1.82, 2.24) is 29.4 Å². The molecule has 180 valence electrons. The molecule has 2 aromatic heterocycles. The molecule has 0 unspecified atom stereocenters. The number of hydrogen-bond acceptors (Lipinski definition) is 7. The third-order valence-electron chi connectivity index (χ3n) is 6.27. The van der Waals surface area contributed by atoms with Gasteiger partial charge in [0.15, 0.2) is 17.0 Å². The maximum atomic E-state index is 12.3. The highest BCUT2D eigenvalue weighted by Crippen LogP contribution is 2.33. The third kappa shape index (κ3) is 5.53. The number of likely N-dealkylation sites (N-methyl/N-ethyl adjacent to an activating group) is 1. The molecular weight excluding hydrogens is 420 g/mol. The van der Waals surface area contributed by atoms with Gasteiger partial charge in [0.25, 0.3) is 0 Å². The zero-order valence-corrected chi connectivity index (χ0v) is 20.6. The number of fused-ring (bicyclic) bond motifs is 1. The highest BCUT2D eigenvalue weighted by molar-refractivity contribution is 5.85. The molecule has 3 rings (SSSR count). The number of rotatable bonds is 8. The molecule has 1 saturated carbocycles. The monoisotopic (exact) mass is 456 g/mol. The summed E-state index contributed by atoms with van der Waals surface area (Å²) < 4.78 is 1.92. The van der Waals surface area contributed by atoms with E-state index in [-0.39, 0.29) is 23.3 Å². The normalized spacial score (nSPS) is 14.9. The van der Waals surface area contributed by atoms with Crippen molar-refractivity contribution in [3.8, 4) is 6.07 Å². The number of anilines is 1. The van der Waals surface area contributed by atoms with Gasteiger partial charge in [0.05, 0.1) is 12.4 Å². The van der Waals surface area contributed by atoms with Crippen LogP contribution in [0.25, 0.3) is 11.2 Å². The van der Waals surface area contributed by atoms with E-state index in [1.807, 2.05) is 18.4 Å². The fourth-order valence-electron chi connectivity index (χ4n) is 4.13. The number of nitriles is 1. The van der Waals surface area contributed by atoms with E-state index in [1.165, 1.54) is 5.01 Å². The third-order valence-corrected chi connectivity index (χ3v) is 6.27. The van der Waals surface area contributed by atoms with Gasteiger partial charge in [0.2, 0.25) is 5.82 Å². The first-order valence-corrected chi connectivity index (χ1v) is 11.7. The molecule has 33 heavy (non-hydrogen) atoms. The molecule has 1 aliphatic carbocycles. The molecular formula is C23H36N8O2. The summed E-state index contributed by atoms with van der Waals surface area (Å²) in [5.74, 6) is 0.541. The average molecular weight is 457 g/mol. The topological polar surface area (TPSA) is 114 Å². The summed E-state index contributed by atoms with van der Waals surface area (Å²) in [6.45, 7) is 12.2. The van der Waals surface area contributed by atoms with Crippen LogP contribution in [0.15, 0.2) is 6.33 Å². The predicted octanol–water partition coefficient (Wildman–Crippen LogP) is 3.73. The number of nitrogens with zero attached hydrogens (tertiary/aromatic N) is 8. The van der Waals surface area contributed by atoms with Crippen LogP contribution >= 0.6 is 0 Å². The van der Waals surface area contributed by atoms with Crippen molar-refractivity contribution in [3.63, 3.8) is 0 Å². The number of amides is 1. The van der Waals surface area contributed by atoms with E-state index < -0.39 is 6.09 Å². The molecule has 10 nitrogen and oxygen atoms in total. The Morgan fingerprint density at radius 3 is 2.52 bits per heavy atom. The van der Waals surface area contributed by atoms with Gasteiger partial charge in [-0.2, -0.15) is 15.2 Å². The van der Waals surface area contributed by atoms with Gasteiger partial charge >= 0.3 is 6.09 Å². The van der Waals surface area contributed by atoms with E-state index >= 15 is 0 Å². The molecule has 10 heteroatoms. The number of carbonyl (C=O) groups is 1. The predicted molar refractivity (Wildman–Crippen MR) is 127 cm³/mol. The van der Waals surface area contributed by atoms with Crippen molar-refractivity contribution in [2.24, 2.45) is 5.92 Å². The molecule has 1 amide bonds. The van der Waals surface area contributed by atoms with Crippen molar-refractivity contribution >= 4 is 23.1 Å². The van der Waals surface area contributed by atoms with Crippen LogP contribution in [0.2, 0.25) is 0 Å². The lowest BCUT2D eigenvalue weighted by Gasteiger charge is -2.38. The zero-order valence-electron chi connectivity index (χ0n) is 20.6. The SMILES string of the molecule is CC(C)CN(C(=O)O)N(c1nc(C#N)nc2c1ncn2CCN(C)C(C)(C)C)C1CCCC1. The standard InChI is InChI=1S/C23H36N8O2/c1-16(2)14-30(22(32)33)31(17-9-7-8-10-17)21-19-20(26-18(13-24)27-21)29(15-25-19)12-11-28(6)23(3,4)5/h15-17H,7-12,14H2,1-6H3,(H,32,33). The summed E-state index contributed by atoms with van der Waals surface area (Å²) in [6.07, 6.45) is 4.47. The summed E-state index contributed by atoms with van der Waals surface area (Å²) in [5, 5.41) is 22.8. The van der Waals surface area contributed by atoms with E-state index in [0.29, 0.717) is 30.1 Å². The van der Waals surface area contributed by atoms with Crippen LogP contribution in [0.4, 0.5) is 10.6 Å².